The molecule has 136 valence electrons. The van der Waals surface area contributed by atoms with Crippen molar-refractivity contribution < 1.29 is 19.0 Å². The van der Waals surface area contributed by atoms with Gasteiger partial charge in [-0.05, 0) is 6.07 Å². The number of hydrogen-bond acceptors (Lipinski definition) is 6. The molecule has 27 heavy (non-hydrogen) atoms. The van der Waals surface area contributed by atoms with Gasteiger partial charge in [0.25, 0.3) is 0 Å². The van der Waals surface area contributed by atoms with E-state index in [1.807, 2.05) is 30.3 Å². The number of carbonyl (C=O) groups is 1. The summed E-state index contributed by atoms with van der Waals surface area (Å²) >= 11 is 0. The van der Waals surface area contributed by atoms with Crippen molar-refractivity contribution in [2.75, 3.05) is 14.2 Å². The lowest BCUT2D eigenvalue weighted by atomic mass is 10.1. The van der Waals surface area contributed by atoms with Crippen molar-refractivity contribution >= 4 is 11.5 Å². The van der Waals surface area contributed by atoms with Crippen LogP contribution in [0.15, 0.2) is 73.3 Å². The Morgan fingerprint density at radius 2 is 1.70 bits per heavy atom. The molecule has 6 heteroatoms. The third kappa shape index (κ3) is 4.30. The van der Waals surface area contributed by atoms with Crippen LogP contribution in [-0.4, -0.2) is 30.2 Å². The number of para-hydroxylation sites is 1. The lowest BCUT2D eigenvalue weighted by Gasteiger charge is -2.12. The molecule has 0 N–H and O–H groups in total. The number of carbonyl (C=O) groups excluding carboxylic acids is 1. The zero-order valence-electron chi connectivity index (χ0n) is 15.0. The smallest absolute Gasteiger partial charge is 0.341 e. The summed E-state index contributed by atoms with van der Waals surface area (Å²) in [5.41, 5.74) is 2.46. The Kier molecular flexibility index (Phi) is 5.79. The molecule has 0 amide bonds. The van der Waals surface area contributed by atoms with Gasteiger partial charge in [0.2, 0.25) is 5.88 Å². The molecule has 0 unspecified atom stereocenters. The molecule has 0 fully saturated rings. The molecule has 0 saturated heterocycles. The van der Waals surface area contributed by atoms with Gasteiger partial charge in [0.05, 0.1) is 26.2 Å². The standard InChI is InChI=1S/C21H18N2O4/c1-25-13-17(21(24)26-2)16-10-6-7-11-19(16)27-20-12-18(22-14-23-20)15-8-4-3-5-9-15/h3-14H,1-2H3. The fourth-order valence-electron chi connectivity index (χ4n) is 2.50. The van der Waals surface area contributed by atoms with E-state index in [9.17, 15) is 4.79 Å². The summed E-state index contributed by atoms with van der Waals surface area (Å²) in [6, 6.07) is 18.6. The number of nitrogens with zero attached hydrogens (tertiary/aromatic N) is 2. The number of hydrogen-bond donors (Lipinski definition) is 0. The van der Waals surface area contributed by atoms with Crippen LogP contribution in [0.2, 0.25) is 0 Å². The van der Waals surface area contributed by atoms with Gasteiger partial charge in [-0.3, -0.25) is 0 Å². The average molecular weight is 362 g/mol. The van der Waals surface area contributed by atoms with Crippen LogP contribution < -0.4 is 4.74 Å². The van der Waals surface area contributed by atoms with Crippen LogP contribution in [0.1, 0.15) is 5.56 Å². The molecule has 0 radical (unpaired) electrons. The molecule has 3 rings (SSSR count). The molecule has 2 aromatic carbocycles. The second-order valence-electron chi connectivity index (χ2n) is 5.46. The van der Waals surface area contributed by atoms with Crippen molar-refractivity contribution in [3.05, 3.63) is 78.8 Å². The summed E-state index contributed by atoms with van der Waals surface area (Å²) in [5, 5.41) is 0. The quantitative estimate of drug-likeness (QED) is 0.374. The molecule has 6 nitrogen and oxygen atoms in total. The molecular weight excluding hydrogens is 344 g/mol. The fourth-order valence-corrected chi connectivity index (χ4v) is 2.50. The minimum Gasteiger partial charge on any atom is -0.503 e. The third-order valence-electron chi connectivity index (χ3n) is 3.74. The second-order valence-corrected chi connectivity index (χ2v) is 5.46. The van der Waals surface area contributed by atoms with E-state index in [1.54, 1.807) is 30.3 Å². The largest absolute Gasteiger partial charge is 0.503 e. The molecule has 0 atom stereocenters. The molecule has 1 heterocycles. The fraction of sp³-hybridized carbons (Fsp3) is 0.0952. The Hall–Kier alpha value is -3.67. The first-order valence-electron chi connectivity index (χ1n) is 8.19. The summed E-state index contributed by atoms with van der Waals surface area (Å²) in [6.45, 7) is 0. The van der Waals surface area contributed by atoms with E-state index in [4.69, 9.17) is 14.2 Å². The lowest BCUT2D eigenvalue weighted by Crippen LogP contribution is -2.06. The Bertz CT molecular complexity index is 955. The second kappa shape index (κ2) is 8.62. The van der Waals surface area contributed by atoms with Crippen molar-refractivity contribution in [3.63, 3.8) is 0 Å². The van der Waals surface area contributed by atoms with Crippen molar-refractivity contribution in [2.45, 2.75) is 0 Å². The van der Waals surface area contributed by atoms with Crippen LogP contribution in [0.4, 0.5) is 0 Å². The van der Waals surface area contributed by atoms with Crippen LogP contribution in [0.5, 0.6) is 11.6 Å². The van der Waals surface area contributed by atoms with Gasteiger partial charge < -0.3 is 14.2 Å². The van der Waals surface area contributed by atoms with E-state index in [2.05, 4.69) is 9.97 Å². The molecular formula is C21H18N2O4. The summed E-state index contributed by atoms with van der Waals surface area (Å²) in [6.07, 6.45) is 2.76. The Morgan fingerprint density at radius 3 is 2.44 bits per heavy atom. The average Bonchev–Trinajstić information content (AvgIpc) is 2.73. The number of aromatic nitrogens is 2. The van der Waals surface area contributed by atoms with Gasteiger partial charge in [0, 0.05) is 17.2 Å². The van der Waals surface area contributed by atoms with Crippen LogP contribution in [-0.2, 0) is 14.3 Å². The Morgan fingerprint density at radius 1 is 0.963 bits per heavy atom. The minimum atomic E-state index is -0.527. The number of benzene rings is 2. The number of methoxy groups -OCH3 is 2. The molecule has 0 saturated carbocycles. The minimum absolute atomic E-state index is 0.243. The lowest BCUT2D eigenvalue weighted by molar-refractivity contribution is -0.133. The van der Waals surface area contributed by atoms with E-state index in [0.717, 1.165) is 11.3 Å². The maximum atomic E-state index is 12.1. The Balaban J connectivity index is 1.96. The number of ether oxygens (including phenoxy) is 3. The van der Waals surface area contributed by atoms with Crippen molar-refractivity contribution in [1.82, 2.24) is 9.97 Å². The summed E-state index contributed by atoms with van der Waals surface area (Å²) in [4.78, 5) is 20.5. The summed E-state index contributed by atoms with van der Waals surface area (Å²) in [7, 11) is 2.77. The highest BCUT2D eigenvalue weighted by Gasteiger charge is 2.18. The summed E-state index contributed by atoms with van der Waals surface area (Å²) in [5.74, 6) is 0.280. The predicted molar refractivity (Wildman–Crippen MR) is 101 cm³/mol. The van der Waals surface area contributed by atoms with E-state index in [1.165, 1.54) is 26.8 Å². The summed E-state index contributed by atoms with van der Waals surface area (Å²) < 4.78 is 15.8. The number of esters is 1. The highest BCUT2D eigenvalue weighted by atomic mass is 16.5. The van der Waals surface area contributed by atoms with Gasteiger partial charge in [-0.1, -0.05) is 48.5 Å². The zero-order chi connectivity index (χ0) is 19.1. The van der Waals surface area contributed by atoms with E-state index in [0.29, 0.717) is 17.2 Å². The molecule has 0 bridgehead atoms. The van der Waals surface area contributed by atoms with Crippen LogP contribution >= 0.6 is 0 Å². The first kappa shape index (κ1) is 18.1. The van der Waals surface area contributed by atoms with Crippen LogP contribution in [0.25, 0.3) is 16.8 Å². The molecule has 0 aliphatic heterocycles. The predicted octanol–water partition coefficient (Wildman–Crippen LogP) is 4.10. The molecule has 0 spiro atoms. The zero-order valence-corrected chi connectivity index (χ0v) is 15.0. The molecule has 1 aromatic heterocycles. The van der Waals surface area contributed by atoms with E-state index in [-0.39, 0.29) is 5.57 Å². The first-order chi connectivity index (χ1) is 13.2. The maximum absolute atomic E-state index is 12.1. The molecule has 0 aliphatic carbocycles. The van der Waals surface area contributed by atoms with Gasteiger partial charge in [-0.2, -0.15) is 0 Å². The first-order valence-corrected chi connectivity index (χ1v) is 8.19. The van der Waals surface area contributed by atoms with Gasteiger partial charge in [-0.25, -0.2) is 14.8 Å². The van der Waals surface area contributed by atoms with E-state index < -0.39 is 5.97 Å². The molecule has 0 aliphatic rings. The van der Waals surface area contributed by atoms with Crippen molar-refractivity contribution in [1.29, 1.82) is 0 Å². The SMILES string of the molecule is COC=C(C(=O)OC)c1ccccc1Oc1cc(-c2ccccc2)ncn1. The Labute approximate surface area is 157 Å². The van der Waals surface area contributed by atoms with Gasteiger partial charge >= 0.3 is 5.97 Å². The van der Waals surface area contributed by atoms with Crippen LogP contribution in [0, 0.1) is 0 Å². The number of rotatable bonds is 6. The maximum Gasteiger partial charge on any atom is 0.341 e. The van der Waals surface area contributed by atoms with Crippen molar-refractivity contribution in [2.24, 2.45) is 0 Å². The highest BCUT2D eigenvalue weighted by Crippen LogP contribution is 2.31. The van der Waals surface area contributed by atoms with Gasteiger partial charge in [0.15, 0.2) is 0 Å². The van der Waals surface area contributed by atoms with Gasteiger partial charge in [-0.15, -0.1) is 0 Å². The van der Waals surface area contributed by atoms with Crippen molar-refractivity contribution in [3.8, 4) is 22.9 Å². The van der Waals surface area contributed by atoms with Crippen LogP contribution in [0.3, 0.4) is 0 Å². The topological polar surface area (TPSA) is 70.5 Å². The highest BCUT2D eigenvalue weighted by molar-refractivity contribution is 6.17. The van der Waals surface area contributed by atoms with E-state index >= 15 is 0 Å². The molecule has 3 aromatic rings. The monoisotopic (exact) mass is 362 g/mol. The van der Waals surface area contributed by atoms with Gasteiger partial charge in [0.1, 0.15) is 17.6 Å². The normalized spacial score (nSPS) is 11.0. The third-order valence-corrected chi connectivity index (χ3v) is 3.74.